The fraction of sp³-hybridized carbons (Fsp3) is 0.185. The summed E-state index contributed by atoms with van der Waals surface area (Å²) < 4.78 is 18.6. The highest BCUT2D eigenvalue weighted by Gasteiger charge is 2.33. The monoisotopic (exact) mass is 487 g/mol. The van der Waals surface area contributed by atoms with E-state index in [2.05, 4.69) is 5.32 Å². The lowest BCUT2D eigenvalue weighted by Gasteiger charge is -2.20. The number of nitrogens with one attached hydrogen (secondary N) is 1. The molecule has 0 aliphatic carbocycles. The van der Waals surface area contributed by atoms with E-state index in [1.165, 1.54) is 11.8 Å². The van der Waals surface area contributed by atoms with E-state index < -0.39 is 0 Å². The van der Waals surface area contributed by atoms with E-state index in [-0.39, 0.29) is 11.2 Å². The van der Waals surface area contributed by atoms with Crippen molar-refractivity contribution in [3.8, 4) is 34.2 Å². The molecule has 1 aliphatic heterocycles. The van der Waals surface area contributed by atoms with Gasteiger partial charge in [0.1, 0.15) is 5.82 Å². The second-order valence-electron chi connectivity index (χ2n) is 7.92. The fourth-order valence-electron chi connectivity index (χ4n) is 4.29. The Morgan fingerprint density at radius 2 is 1.54 bits per heavy atom. The number of para-hydroxylation sites is 1. The molecule has 1 N–H and O–H groups in total. The minimum absolute atomic E-state index is 0.0807. The maximum absolute atomic E-state index is 12.9. The van der Waals surface area contributed by atoms with Gasteiger partial charge < -0.3 is 19.5 Å². The van der Waals surface area contributed by atoms with Crippen LogP contribution in [0.25, 0.3) is 16.9 Å². The molecule has 0 bridgehead atoms. The van der Waals surface area contributed by atoms with Crippen LogP contribution >= 0.6 is 11.8 Å². The highest BCUT2D eigenvalue weighted by atomic mass is 32.2. The zero-order chi connectivity index (χ0) is 24.4. The summed E-state index contributed by atoms with van der Waals surface area (Å²) in [7, 11) is 4.78. The molecule has 2 heterocycles. The summed E-state index contributed by atoms with van der Waals surface area (Å²) >= 11 is 1.54. The molecule has 7 nitrogen and oxygen atoms in total. The number of aromatic nitrogens is 2. The Kier molecular flexibility index (Phi) is 6.37. The van der Waals surface area contributed by atoms with Gasteiger partial charge in [-0.05, 0) is 29.8 Å². The van der Waals surface area contributed by atoms with Crippen LogP contribution in [0.3, 0.4) is 0 Å². The van der Waals surface area contributed by atoms with Crippen molar-refractivity contribution in [3.05, 3.63) is 83.9 Å². The van der Waals surface area contributed by atoms with Crippen molar-refractivity contribution in [2.75, 3.05) is 32.4 Å². The smallest absolute Gasteiger partial charge is 0.235 e. The summed E-state index contributed by atoms with van der Waals surface area (Å²) in [5.74, 6) is 2.51. The van der Waals surface area contributed by atoms with Crippen LogP contribution < -0.4 is 19.5 Å². The van der Waals surface area contributed by atoms with E-state index in [1.807, 2.05) is 77.5 Å². The number of nitrogens with zero attached hydrogens (tertiary/aromatic N) is 2. The molecule has 5 rings (SSSR count). The normalized spacial score (nSPS) is 15.1. The van der Waals surface area contributed by atoms with E-state index in [0.29, 0.717) is 28.8 Å². The van der Waals surface area contributed by atoms with Crippen LogP contribution in [-0.4, -0.2) is 42.8 Å². The van der Waals surface area contributed by atoms with E-state index in [0.717, 1.165) is 28.1 Å². The predicted octanol–water partition coefficient (Wildman–Crippen LogP) is 5.34. The predicted molar refractivity (Wildman–Crippen MR) is 138 cm³/mol. The standard InChI is InChI=1S/C27H25N3O4S/c1-32-20-14-18(15-21(33-2)25(20)34-3)26-23-24(17-10-6-4-7-11-17)29-30(19-12-8-5-9-13-19)27(23)28-22(31)16-35-26/h4-15,26H,16H2,1-3H3,(H,28,31)/t26-/m0/s1. The third-order valence-corrected chi connectivity index (χ3v) is 7.13. The zero-order valence-corrected chi connectivity index (χ0v) is 20.5. The number of amides is 1. The molecule has 0 unspecified atom stereocenters. The molecule has 0 saturated carbocycles. The van der Waals surface area contributed by atoms with Crippen molar-refractivity contribution in [2.45, 2.75) is 5.25 Å². The quantitative estimate of drug-likeness (QED) is 0.396. The number of rotatable bonds is 6. The van der Waals surface area contributed by atoms with Crippen LogP contribution in [0.15, 0.2) is 72.8 Å². The number of ether oxygens (including phenoxy) is 3. The van der Waals surface area contributed by atoms with Crippen molar-refractivity contribution in [3.63, 3.8) is 0 Å². The number of fused-ring (bicyclic) bond motifs is 1. The molecule has 35 heavy (non-hydrogen) atoms. The highest BCUT2D eigenvalue weighted by Crippen LogP contribution is 2.50. The average Bonchev–Trinajstić information content (AvgIpc) is 3.18. The molecule has 1 atom stereocenters. The van der Waals surface area contributed by atoms with Gasteiger partial charge in [0.05, 0.1) is 43.7 Å². The number of anilines is 1. The van der Waals surface area contributed by atoms with Crippen LogP contribution in [0, 0.1) is 0 Å². The average molecular weight is 488 g/mol. The first-order valence-electron chi connectivity index (χ1n) is 11.1. The summed E-state index contributed by atoms with van der Waals surface area (Å²) in [4.78, 5) is 12.9. The zero-order valence-electron chi connectivity index (χ0n) is 19.6. The molecule has 3 aromatic carbocycles. The summed E-state index contributed by atoms with van der Waals surface area (Å²) in [6.07, 6.45) is 0. The molecule has 0 fully saturated rings. The Hall–Kier alpha value is -3.91. The first-order chi connectivity index (χ1) is 17.1. The SMILES string of the molecule is COc1cc([C@@H]2SCC(=O)Nc3c2c(-c2ccccc2)nn3-c2ccccc2)cc(OC)c1OC. The molecule has 0 radical (unpaired) electrons. The first-order valence-corrected chi connectivity index (χ1v) is 12.1. The molecule has 1 aromatic heterocycles. The Balaban J connectivity index is 1.79. The minimum Gasteiger partial charge on any atom is -0.493 e. The maximum Gasteiger partial charge on any atom is 0.235 e. The van der Waals surface area contributed by atoms with E-state index in [1.54, 1.807) is 21.3 Å². The molecule has 8 heteroatoms. The van der Waals surface area contributed by atoms with Gasteiger partial charge in [-0.3, -0.25) is 4.79 Å². The molecule has 1 aliphatic rings. The van der Waals surface area contributed by atoms with Crippen LogP contribution in [0.1, 0.15) is 16.4 Å². The van der Waals surface area contributed by atoms with Crippen molar-refractivity contribution in [1.29, 1.82) is 0 Å². The Labute approximate surface area is 208 Å². The second-order valence-corrected chi connectivity index (χ2v) is 9.02. The van der Waals surface area contributed by atoms with Crippen LogP contribution in [0.5, 0.6) is 17.2 Å². The number of hydrogen-bond acceptors (Lipinski definition) is 6. The Morgan fingerprint density at radius 1 is 0.914 bits per heavy atom. The van der Waals surface area contributed by atoms with Gasteiger partial charge in [-0.15, -0.1) is 11.8 Å². The highest BCUT2D eigenvalue weighted by molar-refractivity contribution is 8.00. The molecule has 0 saturated heterocycles. The number of benzene rings is 3. The first kappa shape index (κ1) is 22.9. The van der Waals surface area contributed by atoms with Crippen LogP contribution in [0.2, 0.25) is 0 Å². The third kappa shape index (κ3) is 4.21. The lowest BCUT2D eigenvalue weighted by Crippen LogP contribution is -2.15. The summed E-state index contributed by atoms with van der Waals surface area (Å²) in [5.41, 5.74) is 4.48. The third-order valence-electron chi connectivity index (χ3n) is 5.86. The second kappa shape index (κ2) is 9.76. The van der Waals surface area contributed by atoms with Crippen molar-refractivity contribution in [1.82, 2.24) is 9.78 Å². The number of hydrogen-bond donors (Lipinski definition) is 1. The van der Waals surface area contributed by atoms with Crippen molar-refractivity contribution < 1.29 is 19.0 Å². The van der Waals surface area contributed by atoms with Gasteiger partial charge >= 0.3 is 0 Å². The lowest BCUT2D eigenvalue weighted by atomic mass is 9.99. The minimum atomic E-state index is -0.217. The maximum atomic E-state index is 12.9. The van der Waals surface area contributed by atoms with E-state index in [9.17, 15) is 4.79 Å². The fourth-order valence-corrected chi connectivity index (χ4v) is 5.40. The van der Waals surface area contributed by atoms with Gasteiger partial charge in [-0.25, -0.2) is 4.68 Å². The van der Waals surface area contributed by atoms with Crippen molar-refractivity contribution >= 4 is 23.5 Å². The largest absolute Gasteiger partial charge is 0.493 e. The van der Waals surface area contributed by atoms with Crippen LogP contribution in [-0.2, 0) is 4.79 Å². The number of carbonyl (C=O) groups is 1. The van der Waals surface area contributed by atoms with E-state index >= 15 is 0 Å². The van der Waals surface area contributed by atoms with Crippen molar-refractivity contribution in [2.24, 2.45) is 0 Å². The summed E-state index contributed by atoms with van der Waals surface area (Å²) in [5, 5.41) is 7.90. The van der Waals surface area contributed by atoms with Gasteiger partial charge in [0, 0.05) is 11.1 Å². The number of carbonyl (C=O) groups excluding carboxylic acids is 1. The van der Waals surface area contributed by atoms with Gasteiger partial charge in [0.25, 0.3) is 0 Å². The van der Waals surface area contributed by atoms with Gasteiger partial charge in [0.2, 0.25) is 11.7 Å². The summed E-state index contributed by atoms with van der Waals surface area (Å²) in [6.45, 7) is 0. The number of thioether (sulfide) groups is 1. The molecular weight excluding hydrogens is 462 g/mol. The Bertz CT molecular complexity index is 1330. The molecule has 178 valence electrons. The molecule has 0 spiro atoms. The van der Waals surface area contributed by atoms with Gasteiger partial charge in [-0.1, -0.05) is 48.5 Å². The lowest BCUT2D eigenvalue weighted by molar-refractivity contribution is -0.113. The molecule has 4 aromatic rings. The van der Waals surface area contributed by atoms with Gasteiger partial charge in [-0.2, -0.15) is 5.10 Å². The molecule has 1 amide bonds. The number of methoxy groups -OCH3 is 3. The Morgan fingerprint density at radius 3 is 2.14 bits per heavy atom. The van der Waals surface area contributed by atoms with E-state index in [4.69, 9.17) is 19.3 Å². The molecular formula is C27H25N3O4S. The van der Waals surface area contributed by atoms with Crippen LogP contribution in [0.4, 0.5) is 5.82 Å². The van der Waals surface area contributed by atoms with Gasteiger partial charge in [0.15, 0.2) is 11.5 Å². The topological polar surface area (TPSA) is 74.6 Å². The summed E-state index contributed by atoms with van der Waals surface area (Å²) in [6, 6.07) is 23.7.